The maximum absolute atomic E-state index is 13.7. The molecule has 0 radical (unpaired) electrons. The molecule has 0 amide bonds. The number of alkyl halides is 2. The van der Waals surface area contributed by atoms with Crippen LogP contribution in [0.15, 0.2) is 21.9 Å². The number of nitrogens with zero attached hydrogens (tertiary/aromatic N) is 1. The Morgan fingerprint density at radius 2 is 2.28 bits per heavy atom. The van der Waals surface area contributed by atoms with E-state index in [0.717, 1.165) is 12.3 Å². The van der Waals surface area contributed by atoms with Gasteiger partial charge in [0.05, 0.1) is 12.2 Å². The fraction of sp³-hybridized carbons (Fsp3) is 0.600. The number of H-pyrrole nitrogens is 1. The summed E-state index contributed by atoms with van der Waals surface area (Å²) in [5.74, 6) is -3.29. The summed E-state index contributed by atoms with van der Waals surface area (Å²) in [7, 11) is 0. The zero-order chi connectivity index (χ0) is 13.5. The van der Waals surface area contributed by atoms with E-state index in [0.29, 0.717) is 4.57 Å². The fourth-order valence-corrected chi connectivity index (χ4v) is 1.85. The summed E-state index contributed by atoms with van der Waals surface area (Å²) in [5.41, 5.74) is -1.65. The van der Waals surface area contributed by atoms with Crippen molar-refractivity contribution >= 4 is 0 Å². The van der Waals surface area contributed by atoms with Crippen molar-refractivity contribution in [3.63, 3.8) is 0 Å². The van der Waals surface area contributed by atoms with Crippen molar-refractivity contribution in [3.05, 3.63) is 33.1 Å². The summed E-state index contributed by atoms with van der Waals surface area (Å²) in [6, 6.07) is 0.955. The minimum atomic E-state index is -3.29. The van der Waals surface area contributed by atoms with Gasteiger partial charge < -0.3 is 9.84 Å². The van der Waals surface area contributed by atoms with E-state index in [4.69, 9.17) is 4.74 Å². The Bertz CT molecular complexity index is 551. The van der Waals surface area contributed by atoms with Crippen LogP contribution in [0.1, 0.15) is 19.6 Å². The van der Waals surface area contributed by atoms with E-state index in [1.807, 2.05) is 4.98 Å². The number of hydrogen-bond donors (Lipinski definition) is 2. The van der Waals surface area contributed by atoms with Gasteiger partial charge in [-0.15, -0.1) is 0 Å². The fourth-order valence-electron chi connectivity index (χ4n) is 1.85. The molecule has 0 saturated carbocycles. The van der Waals surface area contributed by atoms with Gasteiger partial charge in [-0.05, 0) is 6.92 Å². The average Bonchev–Trinajstić information content (AvgIpc) is 2.55. The Balaban J connectivity index is 2.38. The molecule has 6 nitrogen and oxygen atoms in total. The molecule has 1 aromatic heterocycles. The SMILES string of the molecule is C[C@H](O)[C@@H]1CC(F)(F)[C@H](n2ccc(=O)[nH]c2=O)O1. The lowest BCUT2D eigenvalue weighted by molar-refractivity contribution is -0.126. The lowest BCUT2D eigenvalue weighted by atomic mass is 10.1. The van der Waals surface area contributed by atoms with Gasteiger partial charge in [-0.3, -0.25) is 14.3 Å². The van der Waals surface area contributed by atoms with Crippen molar-refractivity contribution in [1.82, 2.24) is 9.55 Å². The molecule has 0 unspecified atom stereocenters. The van der Waals surface area contributed by atoms with Crippen molar-refractivity contribution in [2.75, 3.05) is 0 Å². The Hall–Kier alpha value is -1.54. The molecule has 0 spiro atoms. The minimum Gasteiger partial charge on any atom is -0.391 e. The van der Waals surface area contributed by atoms with E-state index in [2.05, 4.69) is 0 Å². The summed E-state index contributed by atoms with van der Waals surface area (Å²) in [4.78, 5) is 24.2. The highest BCUT2D eigenvalue weighted by Crippen LogP contribution is 2.42. The van der Waals surface area contributed by atoms with E-state index in [-0.39, 0.29) is 0 Å². The number of halogens is 2. The van der Waals surface area contributed by atoms with Crippen LogP contribution in [0.25, 0.3) is 0 Å². The van der Waals surface area contributed by atoms with Crippen molar-refractivity contribution in [1.29, 1.82) is 0 Å². The number of aliphatic hydroxyl groups is 1. The molecule has 100 valence electrons. The molecule has 2 N–H and O–H groups in total. The highest BCUT2D eigenvalue weighted by Gasteiger charge is 2.52. The maximum atomic E-state index is 13.7. The molecule has 2 rings (SSSR count). The lowest BCUT2D eigenvalue weighted by Gasteiger charge is -2.19. The van der Waals surface area contributed by atoms with Gasteiger partial charge in [0.15, 0.2) is 0 Å². The summed E-state index contributed by atoms with van der Waals surface area (Å²) in [6.07, 6.45) is -3.67. The van der Waals surface area contributed by atoms with Gasteiger partial charge in [0, 0.05) is 18.7 Å². The maximum Gasteiger partial charge on any atom is 0.330 e. The Morgan fingerprint density at radius 3 is 2.78 bits per heavy atom. The molecule has 3 atom stereocenters. The molecule has 1 fully saturated rings. The van der Waals surface area contributed by atoms with Gasteiger partial charge in [0.25, 0.3) is 11.5 Å². The third kappa shape index (κ3) is 2.21. The molecule has 1 aromatic rings. The third-order valence-corrected chi connectivity index (χ3v) is 2.78. The number of hydrogen-bond acceptors (Lipinski definition) is 4. The zero-order valence-corrected chi connectivity index (χ0v) is 9.47. The van der Waals surface area contributed by atoms with Crippen LogP contribution < -0.4 is 11.2 Å². The number of aliphatic hydroxyl groups excluding tert-OH is 1. The highest BCUT2D eigenvalue weighted by molar-refractivity contribution is 4.93. The third-order valence-electron chi connectivity index (χ3n) is 2.78. The van der Waals surface area contributed by atoms with Crippen molar-refractivity contribution in [3.8, 4) is 0 Å². The molecule has 8 heteroatoms. The summed E-state index contributed by atoms with van der Waals surface area (Å²) < 4.78 is 33.0. The van der Waals surface area contributed by atoms with E-state index >= 15 is 0 Å². The first kappa shape index (κ1) is 12.9. The quantitative estimate of drug-likeness (QED) is 0.775. The zero-order valence-electron chi connectivity index (χ0n) is 9.47. The average molecular weight is 262 g/mol. The van der Waals surface area contributed by atoms with Gasteiger partial charge in [-0.2, -0.15) is 0 Å². The molecular formula is C10H12F2N2O4. The smallest absolute Gasteiger partial charge is 0.330 e. The highest BCUT2D eigenvalue weighted by atomic mass is 19.3. The largest absolute Gasteiger partial charge is 0.391 e. The van der Waals surface area contributed by atoms with Crippen LogP contribution in [0.5, 0.6) is 0 Å². The Morgan fingerprint density at radius 1 is 1.61 bits per heavy atom. The van der Waals surface area contributed by atoms with E-state index < -0.39 is 42.0 Å². The topological polar surface area (TPSA) is 84.3 Å². The molecule has 0 aromatic carbocycles. The van der Waals surface area contributed by atoms with Crippen molar-refractivity contribution < 1.29 is 18.6 Å². The number of aromatic amines is 1. The summed E-state index contributed by atoms with van der Waals surface area (Å²) >= 11 is 0. The van der Waals surface area contributed by atoms with Crippen LogP contribution in [0, 0.1) is 0 Å². The van der Waals surface area contributed by atoms with Crippen LogP contribution in [0.2, 0.25) is 0 Å². The molecule has 0 bridgehead atoms. The second kappa shape index (κ2) is 4.29. The van der Waals surface area contributed by atoms with Crippen molar-refractivity contribution in [2.45, 2.75) is 37.7 Å². The van der Waals surface area contributed by atoms with Crippen LogP contribution in [0.4, 0.5) is 8.78 Å². The number of aromatic nitrogens is 2. The van der Waals surface area contributed by atoms with Crippen LogP contribution in [-0.2, 0) is 4.74 Å². The normalized spacial score (nSPS) is 28.2. The second-order valence-corrected chi connectivity index (χ2v) is 4.25. The molecule has 2 heterocycles. The number of rotatable bonds is 2. The van der Waals surface area contributed by atoms with Crippen LogP contribution in [-0.4, -0.2) is 32.8 Å². The molecule has 1 saturated heterocycles. The Labute approximate surface area is 99.8 Å². The predicted octanol–water partition coefficient (Wildman–Crippen LogP) is -0.160. The van der Waals surface area contributed by atoms with Gasteiger partial charge in [-0.1, -0.05) is 0 Å². The van der Waals surface area contributed by atoms with Gasteiger partial charge >= 0.3 is 5.69 Å². The molecular weight excluding hydrogens is 250 g/mol. The monoisotopic (exact) mass is 262 g/mol. The number of nitrogens with one attached hydrogen (secondary N) is 1. The van der Waals surface area contributed by atoms with E-state index in [1.165, 1.54) is 6.92 Å². The lowest BCUT2D eigenvalue weighted by Crippen LogP contribution is -2.37. The first-order chi connectivity index (χ1) is 8.31. The first-order valence-corrected chi connectivity index (χ1v) is 5.34. The Kier molecular flexibility index (Phi) is 3.07. The molecule has 1 aliphatic rings. The predicted molar refractivity (Wildman–Crippen MR) is 56.5 cm³/mol. The van der Waals surface area contributed by atoms with Gasteiger partial charge in [-0.25, -0.2) is 13.6 Å². The van der Waals surface area contributed by atoms with E-state index in [1.54, 1.807) is 0 Å². The second-order valence-electron chi connectivity index (χ2n) is 4.25. The van der Waals surface area contributed by atoms with Gasteiger partial charge in [0.1, 0.15) is 0 Å². The summed E-state index contributed by atoms with van der Waals surface area (Å²) in [6.45, 7) is 1.33. The van der Waals surface area contributed by atoms with E-state index in [9.17, 15) is 23.5 Å². The first-order valence-electron chi connectivity index (χ1n) is 5.34. The van der Waals surface area contributed by atoms with Crippen LogP contribution >= 0.6 is 0 Å². The minimum absolute atomic E-state index is 0.615. The summed E-state index contributed by atoms with van der Waals surface area (Å²) in [5, 5.41) is 9.26. The molecule has 1 aliphatic heterocycles. The standard InChI is InChI=1S/C10H12F2N2O4/c1-5(15)6-4-10(11,12)8(18-6)14-3-2-7(16)13-9(14)17/h2-3,5-6,8,15H,4H2,1H3,(H,13,16,17)/t5-,6-,8+/m0/s1. The van der Waals surface area contributed by atoms with Crippen LogP contribution in [0.3, 0.4) is 0 Å². The molecule has 18 heavy (non-hydrogen) atoms. The van der Waals surface area contributed by atoms with Gasteiger partial charge in [0.2, 0.25) is 6.23 Å². The number of ether oxygens (including phenoxy) is 1. The molecule has 0 aliphatic carbocycles. The van der Waals surface area contributed by atoms with Crippen molar-refractivity contribution in [2.24, 2.45) is 0 Å².